The zero-order valence-corrected chi connectivity index (χ0v) is 10.1. The molecule has 5 nitrogen and oxygen atoms in total. The molecule has 15 heavy (non-hydrogen) atoms. The van der Waals surface area contributed by atoms with Gasteiger partial charge in [0.2, 0.25) is 10.3 Å². The lowest BCUT2D eigenvalue weighted by Gasteiger charge is -2.02. The summed E-state index contributed by atoms with van der Waals surface area (Å²) >= 11 is 2.66. The third-order valence-corrected chi connectivity index (χ3v) is 3.53. The van der Waals surface area contributed by atoms with Gasteiger partial charge in [0, 0.05) is 17.6 Å². The van der Waals surface area contributed by atoms with Gasteiger partial charge in [0.1, 0.15) is 0 Å². The van der Waals surface area contributed by atoms with Gasteiger partial charge in [-0.15, -0.1) is 0 Å². The fraction of sp³-hybridized carbons (Fsp3) is 0.625. The van der Waals surface area contributed by atoms with Crippen molar-refractivity contribution in [2.45, 2.75) is 24.5 Å². The number of amides is 2. The normalized spacial score (nSPS) is 23.6. The molecule has 1 aliphatic carbocycles. The highest BCUT2D eigenvalue weighted by molar-refractivity contribution is 7.98. The maximum Gasteiger partial charge on any atom is 0.321 e. The van der Waals surface area contributed by atoms with E-state index in [1.807, 2.05) is 6.26 Å². The molecule has 2 N–H and O–H groups in total. The summed E-state index contributed by atoms with van der Waals surface area (Å²) in [6, 6.07) is 0.145. The van der Waals surface area contributed by atoms with E-state index in [2.05, 4.69) is 26.9 Å². The summed E-state index contributed by atoms with van der Waals surface area (Å²) in [5.41, 5.74) is 0. The molecule has 7 heteroatoms. The molecule has 2 rings (SSSR count). The van der Waals surface area contributed by atoms with Gasteiger partial charge in [-0.25, -0.2) is 4.79 Å². The number of urea groups is 1. The lowest BCUT2D eigenvalue weighted by atomic mass is 10.5. The second kappa shape index (κ2) is 4.36. The Kier molecular flexibility index (Phi) is 3.11. The fourth-order valence-electron chi connectivity index (χ4n) is 1.17. The average Bonchev–Trinajstić information content (AvgIpc) is 2.72. The topological polar surface area (TPSA) is 66.9 Å². The summed E-state index contributed by atoms with van der Waals surface area (Å²) < 4.78 is 4.05. The number of hydrogen-bond acceptors (Lipinski definition) is 5. The van der Waals surface area contributed by atoms with Gasteiger partial charge in [-0.3, -0.25) is 5.32 Å². The van der Waals surface area contributed by atoms with Crippen molar-refractivity contribution >= 4 is 34.5 Å². The van der Waals surface area contributed by atoms with Gasteiger partial charge in [-0.05, 0) is 18.6 Å². The molecule has 0 radical (unpaired) electrons. The van der Waals surface area contributed by atoms with E-state index in [0.29, 0.717) is 22.2 Å². The van der Waals surface area contributed by atoms with Gasteiger partial charge in [-0.2, -0.15) is 9.36 Å². The minimum Gasteiger partial charge on any atom is -0.335 e. The van der Waals surface area contributed by atoms with Crippen LogP contribution in [0.4, 0.5) is 9.93 Å². The van der Waals surface area contributed by atoms with E-state index in [4.69, 9.17) is 0 Å². The molecule has 0 spiro atoms. The Labute approximate surface area is 96.2 Å². The smallest absolute Gasteiger partial charge is 0.321 e. The summed E-state index contributed by atoms with van der Waals surface area (Å²) in [6.07, 6.45) is 2.97. The fourth-order valence-corrected chi connectivity index (χ4v) is 2.29. The zero-order valence-electron chi connectivity index (χ0n) is 8.48. The van der Waals surface area contributed by atoms with Crippen LogP contribution in [0.25, 0.3) is 0 Å². The summed E-state index contributed by atoms with van der Waals surface area (Å²) in [7, 11) is 0. The highest BCUT2D eigenvalue weighted by Crippen LogP contribution is 2.29. The highest BCUT2D eigenvalue weighted by Gasteiger charge is 2.33. The number of thioether (sulfide) groups is 1. The SMILES string of the molecule is CSc1nsc(NC(=O)N[C@@H]2C[C@@H]2C)n1. The minimum absolute atomic E-state index is 0.187. The van der Waals surface area contributed by atoms with Crippen molar-refractivity contribution in [2.75, 3.05) is 11.6 Å². The molecule has 0 aromatic carbocycles. The third-order valence-electron chi connectivity index (χ3n) is 2.24. The van der Waals surface area contributed by atoms with E-state index in [9.17, 15) is 4.79 Å². The van der Waals surface area contributed by atoms with Gasteiger partial charge in [0.25, 0.3) is 0 Å². The second-order valence-corrected chi connectivity index (χ2v) is 5.03. The first kappa shape index (κ1) is 10.7. The number of aromatic nitrogens is 2. The largest absolute Gasteiger partial charge is 0.335 e. The van der Waals surface area contributed by atoms with Gasteiger partial charge in [-0.1, -0.05) is 18.7 Å². The van der Waals surface area contributed by atoms with E-state index in [0.717, 1.165) is 6.42 Å². The Morgan fingerprint density at radius 3 is 2.93 bits per heavy atom. The molecule has 1 aromatic rings. The van der Waals surface area contributed by atoms with Gasteiger partial charge in [0.05, 0.1) is 0 Å². The first-order valence-corrected chi connectivity index (χ1v) is 6.64. The molecular formula is C8H12N4OS2. The molecule has 0 bridgehead atoms. The van der Waals surface area contributed by atoms with Crippen molar-refractivity contribution in [3.63, 3.8) is 0 Å². The first-order chi connectivity index (χ1) is 7.19. The van der Waals surface area contributed by atoms with E-state index in [1.165, 1.54) is 23.3 Å². The monoisotopic (exact) mass is 244 g/mol. The van der Waals surface area contributed by atoms with E-state index < -0.39 is 0 Å². The Balaban J connectivity index is 1.82. The summed E-state index contributed by atoms with van der Waals surface area (Å²) in [5.74, 6) is 0.604. The van der Waals surface area contributed by atoms with Crippen molar-refractivity contribution < 1.29 is 4.79 Å². The Bertz CT molecular complexity index is 367. The number of nitrogens with one attached hydrogen (secondary N) is 2. The number of rotatable bonds is 3. The lowest BCUT2D eigenvalue weighted by molar-refractivity contribution is 0.251. The van der Waals surface area contributed by atoms with E-state index in [-0.39, 0.29) is 6.03 Å². The molecule has 1 saturated carbocycles. The van der Waals surface area contributed by atoms with Crippen LogP contribution in [0.2, 0.25) is 0 Å². The number of nitrogens with zero attached hydrogens (tertiary/aromatic N) is 2. The summed E-state index contributed by atoms with van der Waals surface area (Å²) in [5, 5.41) is 6.77. The molecule has 0 unspecified atom stereocenters. The van der Waals surface area contributed by atoms with Crippen LogP contribution in [0.3, 0.4) is 0 Å². The third kappa shape index (κ3) is 2.82. The summed E-state index contributed by atoms with van der Waals surface area (Å²) in [6.45, 7) is 2.11. The molecule has 1 aliphatic rings. The van der Waals surface area contributed by atoms with Crippen LogP contribution >= 0.6 is 23.3 Å². The van der Waals surface area contributed by atoms with Crippen molar-refractivity contribution in [1.82, 2.24) is 14.7 Å². The molecule has 2 amide bonds. The first-order valence-electron chi connectivity index (χ1n) is 4.64. The van der Waals surface area contributed by atoms with Crippen molar-refractivity contribution in [3.05, 3.63) is 0 Å². The van der Waals surface area contributed by atoms with E-state index >= 15 is 0 Å². The standard InChI is InChI=1S/C8H12N4OS2/c1-4-3-5(4)9-6(13)10-7-11-8(14-2)12-15-7/h4-5H,3H2,1-2H3,(H2,9,10,11,12,13)/t4-,5+/m0/s1. The number of carbonyl (C=O) groups excluding carboxylic acids is 1. The van der Waals surface area contributed by atoms with Crippen LogP contribution < -0.4 is 10.6 Å². The molecule has 82 valence electrons. The quantitative estimate of drug-likeness (QED) is 0.795. The molecule has 1 aromatic heterocycles. The highest BCUT2D eigenvalue weighted by atomic mass is 32.2. The maximum atomic E-state index is 11.4. The van der Waals surface area contributed by atoms with Gasteiger partial charge >= 0.3 is 6.03 Å². The zero-order chi connectivity index (χ0) is 10.8. The number of hydrogen-bond donors (Lipinski definition) is 2. The minimum atomic E-state index is -0.187. The lowest BCUT2D eigenvalue weighted by Crippen LogP contribution is -2.31. The molecule has 2 atom stereocenters. The van der Waals surface area contributed by atoms with Gasteiger partial charge < -0.3 is 5.32 Å². The van der Waals surface area contributed by atoms with Crippen molar-refractivity contribution in [2.24, 2.45) is 5.92 Å². The molecule has 1 fully saturated rings. The Hall–Kier alpha value is -0.820. The number of anilines is 1. The van der Waals surface area contributed by atoms with E-state index in [1.54, 1.807) is 0 Å². The second-order valence-electron chi connectivity index (χ2n) is 3.50. The Morgan fingerprint density at radius 1 is 1.67 bits per heavy atom. The maximum absolute atomic E-state index is 11.4. The van der Waals surface area contributed by atoms with Crippen LogP contribution in [0.5, 0.6) is 0 Å². The molecule has 1 heterocycles. The van der Waals surface area contributed by atoms with Crippen LogP contribution in [0, 0.1) is 5.92 Å². The van der Waals surface area contributed by atoms with Crippen LogP contribution in [-0.4, -0.2) is 27.7 Å². The molecular weight excluding hydrogens is 232 g/mol. The molecule has 0 aliphatic heterocycles. The van der Waals surface area contributed by atoms with Gasteiger partial charge in [0.15, 0.2) is 0 Å². The average molecular weight is 244 g/mol. The predicted octanol–water partition coefficient (Wildman–Crippen LogP) is 1.79. The summed E-state index contributed by atoms with van der Waals surface area (Å²) in [4.78, 5) is 15.5. The van der Waals surface area contributed by atoms with Crippen LogP contribution in [0.1, 0.15) is 13.3 Å². The Morgan fingerprint density at radius 2 is 2.40 bits per heavy atom. The molecule has 0 saturated heterocycles. The van der Waals surface area contributed by atoms with Crippen molar-refractivity contribution in [1.29, 1.82) is 0 Å². The van der Waals surface area contributed by atoms with Crippen LogP contribution in [-0.2, 0) is 0 Å². The van der Waals surface area contributed by atoms with Crippen LogP contribution in [0.15, 0.2) is 5.16 Å². The van der Waals surface area contributed by atoms with Crippen molar-refractivity contribution in [3.8, 4) is 0 Å². The predicted molar refractivity (Wildman–Crippen MR) is 61.4 cm³/mol. The number of carbonyl (C=O) groups is 1.